The molecule has 0 unspecified atom stereocenters. The number of ketones is 1. The summed E-state index contributed by atoms with van der Waals surface area (Å²) in [5.74, 6) is -0.582. The summed E-state index contributed by atoms with van der Waals surface area (Å²) in [6, 6.07) is 13.0. The number of aromatic nitrogens is 2. The van der Waals surface area contributed by atoms with E-state index in [0.717, 1.165) is 62.7 Å². The van der Waals surface area contributed by atoms with Crippen LogP contribution < -0.4 is 9.64 Å². The van der Waals surface area contributed by atoms with Gasteiger partial charge in [-0.1, -0.05) is 30.6 Å². The van der Waals surface area contributed by atoms with Gasteiger partial charge in [0, 0.05) is 67.7 Å². The lowest BCUT2D eigenvalue weighted by molar-refractivity contribution is -0.385. The molecular formula is C50H61N5O7S. The van der Waals surface area contributed by atoms with Crippen LogP contribution in [0.25, 0.3) is 11.0 Å². The Kier molecular flexibility index (Phi) is 10.6. The fourth-order valence-corrected chi connectivity index (χ4v) is 13.8. The van der Waals surface area contributed by atoms with Gasteiger partial charge in [-0.15, -0.1) is 0 Å². The van der Waals surface area contributed by atoms with Crippen LogP contribution in [-0.2, 0) is 16.3 Å². The number of carbonyl (C=O) groups excluding carboxylic acids is 1. The van der Waals surface area contributed by atoms with Gasteiger partial charge in [-0.25, -0.2) is 13.4 Å². The number of piperazine rings is 1. The number of nitro groups is 1. The summed E-state index contributed by atoms with van der Waals surface area (Å²) in [5.41, 5.74) is 6.44. The normalized spacial score (nSPS) is 28.0. The molecule has 11 rings (SSSR count). The first-order chi connectivity index (χ1) is 30.1. The van der Waals surface area contributed by atoms with Gasteiger partial charge in [-0.05, 0) is 149 Å². The molecule has 6 fully saturated rings. The number of benzene rings is 2. The lowest BCUT2D eigenvalue weighted by atomic mass is 9.32. The van der Waals surface area contributed by atoms with Crippen LogP contribution in [0.1, 0.15) is 120 Å². The van der Waals surface area contributed by atoms with E-state index in [4.69, 9.17) is 4.74 Å². The number of sulfone groups is 1. The Bertz CT molecular complexity index is 2570. The number of fused-ring (bicyclic) bond motifs is 1. The average Bonchev–Trinajstić information content (AvgIpc) is 3.70. The molecule has 3 heterocycles. The highest BCUT2D eigenvalue weighted by atomic mass is 32.2. The van der Waals surface area contributed by atoms with E-state index in [-0.39, 0.29) is 21.9 Å². The van der Waals surface area contributed by atoms with E-state index >= 15 is 0 Å². The van der Waals surface area contributed by atoms with Crippen LogP contribution in [0.4, 0.5) is 11.4 Å². The summed E-state index contributed by atoms with van der Waals surface area (Å²) in [5, 5.41) is 23.4. The van der Waals surface area contributed by atoms with Crippen LogP contribution in [0.5, 0.6) is 11.5 Å². The lowest BCUT2D eigenvalue weighted by Gasteiger charge is -2.72. The molecule has 1 saturated heterocycles. The van der Waals surface area contributed by atoms with E-state index in [2.05, 4.69) is 26.7 Å². The van der Waals surface area contributed by atoms with Gasteiger partial charge in [0.1, 0.15) is 22.9 Å². The summed E-state index contributed by atoms with van der Waals surface area (Å²) in [7, 11) is -4.28. The van der Waals surface area contributed by atoms with Gasteiger partial charge in [0.2, 0.25) is 0 Å². The van der Waals surface area contributed by atoms with Gasteiger partial charge < -0.3 is 19.7 Å². The van der Waals surface area contributed by atoms with Crippen LogP contribution in [-0.4, -0.2) is 83.2 Å². The summed E-state index contributed by atoms with van der Waals surface area (Å²) in [4.78, 5) is 38.0. The number of H-pyrrole nitrogens is 1. The standard InChI is InChI=1S/C50H61N5O7S/c1-47-31-50(32-47,33-47)42-27-49(14-3-15-49)18-12-37(42)29-53-20-22-54(23-21-53)38-7-9-41(45(25-38)62-39-24-36-13-19-51-46(36)52-28-39)44(56)30-63(60,61)40-8-6-35(43(26-40)55(58)59)5-4-34-10-16-48(2,57)17-11-34/h6-9,13,19,24-26,28,34,57H,3-5,10-12,14-18,20-23,27,29-33H2,1-2H3,(H,51,52). The van der Waals surface area contributed by atoms with E-state index < -0.39 is 31.9 Å². The van der Waals surface area contributed by atoms with Crippen molar-refractivity contribution < 1.29 is 28.0 Å². The largest absolute Gasteiger partial charge is 0.455 e. The molecule has 0 amide bonds. The van der Waals surface area contributed by atoms with E-state index in [1.165, 1.54) is 69.9 Å². The van der Waals surface area contributed by atoms with Gasteiger partial charge in [-0.3, -0.25) is 19.8 Å². The zero-order valence-corrected chi connectivity index (χ0v) is 37.6. The molecule has 0 atom stereocenters. The highest BCUT2D eigenvalue weighted by molar-refractivity contribution is 7.92. The van der Waals surface area contributed by atoms with Gasteiger partial charge in [0.15, 0.2) is 15.6 Å². The zero-order chi connectivity index (χ0) is 43.8. The summed E-state index contributed by atoms with van der Waals surface area (Å²) in [6.07, 6.45) is 19.9. The molecule has 12 nitrogen and oxygen atoms in total. The van der Waals surface area contributed by atoms with Crippen molar-refractivity contribution >= 4 is 38.0 Å². The molecule has 13 heteroatoms. The number of allylic oxidation sites excluding steroid dienone is 1. The second-order valence-corrected chi connectivity index (χ2v) is 23.1. The predicted octanol–water partition coefficient (Wildman–Crippen LogP) is 9.76. The quantitative estimate of drug-likeness (QED) is 0.0541. The van der Waals surface area contributed by atoms with E-state index in [9.17, 15) is 28.4 Å². The molecule has 63 heavy (non-hydrogen) atoms. The highest BCUT2D eigenvalue weighted by Crippen LogP contribution is 2.78. The molecule has 5 saturated carbocycles. The Labute approximate surface area is 370 Å². The second kappa shape index (κ2) is 15.8. The fraction of sp³-hybridized carbons (Fsp3) is 0.560. The maximum atomic E-state index is 14.1. The molecule has 2 N–H and O–H groups in total. The van der Waals surface area contributed by atoms with Crippen molar-refractivity contribution in [2.45, 2.75) is 121 Å². The Balaban J connectivity index is 0.849. The first kappa shape index (κ1) is 42.4. The summed E-state index contributed by atoms with van der Waals surface area (Å²) < 4.78 is 34.1. The molecule has 1 spiro atoms. The van der Waals surface area contributed by atoms with Crippen molar-refractivity contribution in [3.63, 3.8) is 0 Å². The minimum Gasteiger partial charge on any atom is -0.455 e. The van der Waals surface area contributed by atoms with E-state index in [0.29, 0.717) is 64.8 Å². The van der Waals surface area contributed by atoms with Crippen LogP contribution in [0.2, 0.25) is 0 Å². The Morgan fingerprint density at radius 3 is 2.44 bits per heavy atom. The first-order valence-electron chi connectivity index (χ1n) is 23.3. The molecule has 4 aromatic rings. The minimum absolute atomic E-state index is 0.108. The Morgan fingerprint density at radius 1 is 0.984 bits per heavy atom. The SMILES string of the molecule is CC1(O)CCC(CCc2ccc(S(=O)(=O)CC(=O)c3ccc(N4CCN(CC5=C(C67CC(C)(C6)C7)CC6(CCC6)CC5)CC4)cc3Oc3cnc4[nH]ccc4c3)cc2[N+](=O)[O-])CC1. The number of aromatic amines is 1. The third-order valence-corrected chi connectivity index (χ3v) is 17.9. The number of ether oxygens (including phenoxy) is 1. The van der Waals surface area contributed by atoms with E-state index in [1.54, 1.807) is 24.0 Å². The summed E-state index contributed by atoms with van der Waals surface area (Å²) >= 11 is 0. The van der Waals surface area contributed by atoms with Gasteiger partial charge in [0.25, 0.3) is 5.69 Å². The third-order valence-electron chi connectivity index (χ3n) is 16.2. The van der Waals surface area contributed by atoms with E-state index in [1.807, 2.05) is 36.8 Å². The van der Waals surface area contributed by atoms with Crippen LogP contribution >= 0.6 is 0 Å². The first-order valence-corrected chi connectivity index (χ1v) is 24.9. The van der Waals surface area contributed by atoms with Crippen molar-refractivity contribution in [1.82, 2.24) is 14.9 Å². The number of hydrogen-bond acceptors (Lipinski definition) is 10. The molecule has 0 radical (unpaired) electrons. The topological polar surface area (TPSA) is 159 Å². The number of nitrogens with zero attached hydrogens (tertiary/aromatic N) is 4. The Hall–Kier alpha value is -4.59. The van der Waals surface area contributed by atoms with Crippen molar-refractivity contribution in [1.29, 1.82) is 0 Å². The maximum absolute atomic E-state index is 14.1. The fourth-order valence-electron chi connectivity index (χ4n) is 12.6. The number of pyridine rings is 1. The number of aliphatic hydroxyl groups is 1. The zero-order valence-electron chi connectivity index (χ0n) is 36.8. The Morgan fingerprint density at radius 2 is 1.75 bits per heavy atom. The van der Waals surface area contributed by atoms with Crippen molar-refractivity contribution in [2.24, 2.45) is 22.2 Å². The number of hydrogen-bond donors (Lipinski definition) is 2. The van der Waals surface area contributed by atoms with Crippen molar-refractivity contribution in [2.75, 3.05) is 43.4 Å². The molecule has 6 aliphatic carbocycles. The molecule has 2 aromatic carbocycles. The average molecular weight is 876 g/mol. The number of carbonyl (C=O) groups is 1. The molecule has 2 bridgehead atoms. The summed E-state index contributed by atoms with van der Waals surface area (Å²) in [6.45, 7) is 8.83. The van der Waals surface area contributed by atoms with Crippen LogP contribution in [0.3, 0.4) is 0 Å². The number of nitro benzene ring substituents is 1. The second-order valence-electron chi connectivity index (χ2n) is 21.1. The smallest absolute Gasteiger partial charge is 0.273 e. The molecule has 2 aromatic heterocycles. The monoisotopic (exact) mass is 875 g/mol. The number of rotatable bonds is 14. The molecular weight excluding hydrogens is 815 g/mol. The van der Waals surface area contributed by atoms with Gasteiger partial charge in [-0.2, -0.15) is 0 Å². The number of Topliss-reactive ketones (excluding diaryl/α,β-unsaturated/α-hetero) is 1. The van der Waals surface area contributed by atoms with Crippen molar-refractivity contribution in [3.8, 4) is 11.5 Å². The number of anilines is 1. The maximum Gasteiger partial charge on any atom is 0.273 e. The number of nitrogens with one attached hydrogen (secondary N) is 1. The van der Waals surface area contributed by atoms with Gasteiger partial charge in [0.05, 0.1) is 27.2 Å². The minimum atomic E-state index is -4.28. The number of aryl methyl sites for hydroxylation is 1. The molecule has 1 aliphatic heterocycles. The molecule has 7 aliphatic rings. The van der Waals surface area contributed by atoms with Crippen molar-refractivity contribution in [3.05, 3.63) is 93.3 Å². The molecule has 334 valence electrons. The predicted molar refractivity (Wildman–Crippen MR) is 243 cm³/mol. The highest BCUT2D eigenvalue weighted by Gasteiger charge is 2.67. The van der Waals surface area contributed by atoms with Gasteiger partial charge >= 0.3 is 0 Å². The van der Waals surface area contributed by atoms with Crippen LogP contribution in [0.15, 0.2) is 77.0 Å². The lowest BCUT2D eigenvalue weighted by Crippen LogP contribution is -2.62. The third kappa shape index (κ3) is 8.34. The van der Waals surface area contributed by atoms with Crippen LogP contribution in [0, 0.1) is 32.3 Å².